The van der Waals surface area contributed by atoms with Gasteiger partial charge < -0.3 is 4.52 Å². The van der Waals surface area contributed by atoms with E-state index in [1.807, 2.05) is 33.8 Å². The Labute approximate surface area is 143 Å². The summed E-state index contributed by atoms with van der Waals surface area (Å²) in [6.07, 6.45) is 0. The summed E-state index contributed by atoms with van der Waals surface area (Å²) in [7, 11) is -2.74. The molecule has 0 N–H and O–H groups in total. The Morgan fingerprint density at radius 2 is 1.35 bits per heavy atom. The number of hydrogen-bond acceptors (Lipinski definition) is 2. The fourth-order valence-corrected chi connectivity index (χ4v) is 4.70. The molecule has 23 heavy (non-hydrogen) atoms. The molecule has 0 radical (unpaired) electrons. The van der Waals surface area contributed by atoms with Crippen molar-refractivity contribution in [1.82, 2.24) is 0 Å². The molecule has 3 heteroatoms. The van der Waals surface area contributed by atoms with Gasteiger partial charge in [0.15, 0.2) is 0 Å². The minimum absolute atomic E-state index is 0.0117. The lowest BCUT2D eigenvalue weighted by atomic mass is 9.80. The molecule has 0 aliphatic rings. The van der Waals surface area contributed by atoms with Crippen LogP contribution in [0.5, 0.6) is 5.75 Å². The van der Waals surface area contributed by atoms with Crippen molar-refractivity contribution in [2.75, 3.05) is 0 Å². The Morgan fingerprint density at radius 1 is 0.870 bits per heavy atom. The van der Waals surface area contributed by atoms with E-state index in [1.54, 1.807) is 0 Å². The molecular formula is C20H35O2P. The van der Waals surface area contributed by atoms with Crippen LogP contribution in [-0.2, 0) is 15.4 Å². The van der Waals surface area contributed by atoms with Crippen LogP contribution < -0.4 is 4.52 Å². The van der Waals surface area contributed by atoms with E-state index < -0.39 is 7.37 Å². The van der Waals surface area contributed by atoms with Crippen molar-refractivity contribution in [2.24, 2.45) is 0 Å². The van der Waals surface area contributed by atoms with Gasteiger partial charge in [-0.1, -0.05) is 81.4 Å². The highest BCUT2D eigenvalue weighted by molar-refractivity contribution is 7.60. The summed E-state index contributed by atoms with van der Waals surface area (Å²) in [4.78, 5) is 0. The third-order valence-corrected chi connectivity index (χ3v) is 7.70. The highest BCUT2D eigenvalue weighted by Gasteiger charge is 2.35. The van der Waals surface area contributed by atoms with E-state index in [0.29, 0.717) is 0 Å². The van der Waals surface area contributed by atoms with Crippen molar-refractivity contribution in [2.45, 2.75) is 91.4 Å². The number of rotatable bonds is 4. The van der Waals surface area contributed by atoms with Crippen molar-refractivity contribution >= 4 is 7.37 Å². The van der Waals surface area contributed by atoms with Gasteiger partial charge in [0.1, 0.15) is 5.75 Å². The van der Waals surface area contributed by atoms with Crippen molar-refractivity contribution in [3.63, 3.8) is 0 Å². The lowest BCUT2D eigenvalue weighted by molar-refractivity contribution is 0.450. The second kappa shape index (κ2) is 6.63. The molecule has 2 nitrogen and oxygen atoms in total. The second-order valence-corrected chi connectivity index (χ2v) is 12.7. The van der Waals surface area contributed by atoms with Crippen LogP contribution in [0.2, 0.25) is 0 Å². The van der Waals surface area contributed by atoms with Gasteiger partial charge >= 0.3 is 0 Å². The van der Waals surface area contributed by atoms with Crippen LogP contribution in [0.1, 0.15) is 80.4 Å². The maximum Gasteiger partial charge on any atom is 0.252 e. The summed E-state index contributed by atoms with van der Waals surface area (Å²) in [5.74, 6) is 0.774. The van der Waals surface area contributed by atoms with Gasteiger partial charge in [-0.25, -0.2) is 0 Å². The van der Waals surface area contributed by atoms with Crippen LogP contribution in [0.4, 0.5) is 0 Å². The van der Waals surface area contributed by atoms with Crippen LogP contribution in [0.25, 0.3) is 0 Å². The summed E-state index contributed by atoms with van der Waals surface area (Å²) in [5.41, 5.74) is 2.45. The predicted octanol–water partition coefficient (Wildman–Crippen LogP) is 6.76. The van der Waals surface area contributed by atoms with Crippen LogP contribution >= 0.6 is 7.37 Å². The minimum atomic E-state index is -2.74. The molecule has 0 aliphatic carbocycles. The molecule has 1 aromatic carbocycles. The zero-order valence-electron chi connectivity index (χ0n) is 16.7. The average molecular weight is 338 g/mol. The first-order valence-electron chi connectivity index (χ1n) is 8.63. The lowest BCUT2D eigenvalue weighted by Crippen LogP contribution is -2.19. The van der Waals surface area contributed by atoms with Gasteiger partial charge in [0, 0.05) is 16.9 Å². The monoisotopic (exact) mass is 338 g/mol. The summed E-state index contributed by atoms with van der Waals surface area (Å²) >= 11 is 0. The number of hydrogen-bond donors (Lipinski definition) is 0. The van der Waals surface area contributed by atoms with E-state index in [-0.39, 0.29) is 22.1 Å². The number of benzene rings is 1. The molecule has 0 atom stereocenters. The SMILES string of the molecule is CC(C)P(=O)(Oc1ccc(C(C)(C)C)cc1C(C)(C)C)C(C)C. The quantitative estimate of drug-likeness (QED) is 0.567. The van der Waals surface area contributed by atoms with Gasteiger partial charge in [0.25, 0.3) is 7.37 Å². The molecule has 0 fully saturated rings. The van der Waals surface area contributed by atoms with Gasteiger partial charge in [-0.2, -0.15) is 0 Å². The molecule has 132 valence electrons. The van der Waals surface area contributed by atoms with Crippen molar-refractivity contribution in [3.05, 3.63) is 29.3 Å². The zero-order chi connectivity index (χ0) is 18.2. The van der Waals surface area contributed by atoms with Crippen LogP contribution in [-0.4, -0.2) is 11.3 Å². The smallest absolute Gasteiger partial charge is 0.252 e. The third kappa shape index (κ3) is 4.63. The van der Waals surface area contributed by atoms with Crippen molar-refractivity contribution < 1.29 is 9.09 Å². The first kappa shape index (κ1) is 20.3. The average Bonchev–Trinajstić information content (AvgIpc) is 2.35. The Hall–Kier alpha value is -0.750. The second-order valence-electron chi connectivity index (χ2n) is 9.13. The molecule has 0 bridgehead atoms. The van der Waals surface area contributed by atoms with Gasteiger partial charge in [-0.15, -0.1) is 0 Å². The first-order chi connectivity index (χ1) is 10.2. The maximum atomic E-state index is 13.3. The van der Waals surface area contributed by atoms with E-state index in [9.17, 15) is 4.57 Å². The molecule has 0 unspecified atom stereocenters. The minimum Gasteiger partial charge on any atom is -0.442 e. The fraction of sp³-hybridized carbons (Fsp3) is 0.700. The molecule has 0 aliphatic heterocycles. The van der Waals surface area contributed by atoms with Gasteiger partial charge in [-0.05, 0) is 22.5 Å². The molecule has 0 amide bonds. The van der Waals surface area contributed by atoms with E-state index in [2.05, 4.69) is 53.7 Å². The van der Waals surface area contributed by atoms with E-state index in [4.69, 9.17) is 4.52 Å². The third-order valence-electron chi connectivity index (χ3n) is 4.33. The van der Waals surface area contributed by atoms with Crippen LogP contribution in [0.15, 0.2) is 18.2 Å². The zero-order valence-corrected chi connectivity index (χ0v) is 17.5. The lowest BCUT2D eigenvalue weighted by Gasteiger charge is -2.31. The summed E-state index contributed by atoms with van der Waals surface area (Å²) in [6, 6.07) is 6.34. The molecule has 1 aromatic rings. The molecule has 0 saturated heterocycles. The van der Waals surface area contributed by atoms with Gasteiger partial charge in [-0.3, -0.25) is 4.57 Å². The van der Waals surface area contributed by atoms with Gasteiger partial charge in [0.2, 0.25) is 0 Å². The van der Waals surface area contributed by atoms with Crippen molar-refractivity contribution in [3.8, 4) is 5.75 Å². The van der Waals surface area contributed by atoms with Gasteiger partial charge in [0.05, 0.1) is 0 Å². The highest BCUT2D eigenvalue weighted by Crippen LogP contribution is 2.56. The van der Waals surface area contributed by atoms with Crippen LogP contribution in [0, 0.1) is 0 Å². The van der Waals surface area contributed by atoms with E-state index >= 15 is 0 Å². The topological polar surface area (TPSA) is 26.3 Å². The normalized spacial score (nSPS) is 13.7. The van der Waals surface area contributed by atoms with Crippen molar-refractivity contribution in [1.29, 1.82) is 0 Å². The Morgan fingerprint density at radius 3 is 1.70 bits per heavy atom. The fourth-order valence-electron chi connectivity index (χ4n) is 2.62. The summed E-state index contributed by atoms with van der Waals surface area (Å²) in [5, 5.41) is 0. The molecule has 1 rings (SSSR count). The van der Waals surface area contributed by atoms with Crippen LogP contribution in [0.3, 0.4) is 0 Å². The predicted molar refractivity (Wildman–Crippen MR) is 102 cm³/mol. The Balaban J connectivity index is 3.45. The standard InChI is InChI=1S/C20H35O2P/c1-14(2)23(21,15(3)4)22-18-12-11-16(19(5,6)7)13-17(18)20(8,9)10/h11-15H,1-10H3. The Kier molecular flexibility index (Phi) is 5.85. The molecular weight excluding hydrogens is 303 g/mol. The summed E-state index contributed by atoms with van der Waals surface area (Å²) < 4.78 is 19.5. The maximum absolute atomic E-state index is 13.3. The summed E-state index contributed by atoms with van der Waals surface area (Å²) in [6.45, 7) is 21.1. The van der Waals surface area contributed by atoms with E-state index in [0.717, 1.165) is 11.3 Å². The molecule has 0 saturated carbocycles. The molecule has 0 aromatic heterocycles. The first-order valence-corrected chi connectivity index (χ1v) is 10.4. The highest BCUT2D eigenvalue weighted by atomic mass is 31.2. The molecule has 0 heterocycles. The Bertz CT molecular complexity index is 575. The molecule has 0 spiro atoms. The van der Waals surface area contributed by atoms with E-state index in [1.165, 1.54) is 5.56 Å². The largest absolute Gasteiger partial charge is 0.442 e.